The van der Waals surface area contributed by atoms with Crippen LogP contribution < -0.4 is 5.73 Å². The van der Waals surface area contributed by atoms with Gasteiger partial charge in [0.25, 0.3) is 0 Å². The Kier molecular flexibility index (Phi) is 2.09. The van der Waals surface area contributed by atoms with Crippen molar-refractivity contribution in [3.05, 3.63) is 35.5 Å². The first kappa shape index (κ1) is 10.2. The van der Waals surface area contributed by atoms with Crippen molar-refractivity contribution in [2.75, 3.05) is 12.8 Å². The Balaban J connectivity index is 2.14. The standard InChI is InChI=1S/C12H14N4O/c1-15-6-10-11(7-15)16(14-12(10)13)8-3-2-4-9(17)5-8/h2-5,17H,6-7H2,1H3,(H2,13,14). The van der Waals surface area contributed by atoms with Crippen LogP contribution in [0.3, 0.4) is 0 Å². The summed E-state index contributed by atoms with van der Waals surface area (Å²) >= 11 is 0. The number of hydrogen-bond acceptors (Lipinski definition) is 4. The van der Waals surface area contributed by atoms with Crippen molar-refractivity contribution in [1.29, 1.82) is 0 Å². The number of benzene rings is 1. The molecule has 0 spiro atoms. The molecule has 0 saturated carbocycles. The maximum Gasteiger partial charge on any atom is 0.150 e. The van der Waals surface area contributed by atoms with Crippen molar-refractivity contribution in [2.45, 2.75) is 13.1 Å². The van der Waals surface area contributed by atoms with Crippen LogP contribution in [0, 0.1) is 0 Å². The van der Waals surface area contributed by atoms with E-state index >= 15 is 0 Å². The van der Waals surface area contributed by atoms with Crippen LogP contribution in [0.15, 0.2) is 24.3 Å². The van der Waals surface area contributed by atoms with Crippen molar-refractivity contribution < 1.29 is 5.11 Å². The van der Waals surface area contributed by atoms with E-state index in [1.165, 1.54) is 0 Å². The van der Waals surface area contributed by atoms with Crippen molar-refractivity contribution in [2.24, 2.45) is 0 Å². The highest BCUT2D eigenvalue weighted by Gasteiger charge is 2.25. The topological polar surface area (TPSA) is 67.3 Å². The average molecular weight is 230 g/mol. The fourth-order valence-corrected chi connectivity index (χ4v) is 2.26. The van der Waals surface area contributed by atoms with E-state index in [2.05, 4.69) is 10.00 Å². The van der Waals surface area contributed by atoms with Crippen LogP contribution in [0.2, 0.25) is 0 Å². The number of phenolic OH excluding ortho intramolecular Hbond substituents is 1. The number of nitrogens with two attached hydrogens (primary N) is 1. The number of rotatable bonds is 1. The highest BCUT2D eigenvalue weighted by atomic mass is 16.3. The summed E-state index contributed by atoms with van der Waals surface area (Å²) in [6.07, 6.45) is 0. The van der Waals surface area contributed by atoms with Crippen LogP contribution >= 0.6 is 0 Å². The summed E-state index contributed by atoms with van der Waals surface area (Å²) in [7, 11) is 2.05. The van der Waals surface area contributed by atoms with Crippen molar-refractivity contribution >= 4 is 5.82 Å². The quantitative estimate of drug-likeness (QED) is 0.770. The van der Waals surface area contributed by atoms with E-state index in [-0.39, 0.29) is 5.75 Å². The Morgan fingerprint density at radius 3 is 2.94 bits per heavy atom. The SMILES string of the molecule is CN1Cc2c(N)nn(-c3cccc(O)c3)c2C1. The Labute approximate surface area is 99.1 Å². The van der Waals surface area contributed by atoms with Gasteiger partial charge >= 0.3 is 0 Å². The van der Waals surface area contributed by atoms with Gasteiger partial charge in [-0.25, -0.2) is 4.68 Å². The molecule has 0 atom stereocenters. The second kappa shape index (κ2) is 3.49. The zero-order valence-corrected chi connectivity index (χ0v) is 9.59. The van der Waals surface area contributed by atoms with Crippen LogP contribution in [-0.2, 0) is 13.1 Å². The molecule has 1 aromatic heterocycles. The lowest BCUT2D eigenvalue weighted by Gasteiger charge is -2.09. The molecule has 0 radical (unpaired) electrons. The predicted molar refractivity (Wildman–Crippen MR) is 64.8 cm³/mol. The molecule has 0 bridgehead atoms. The van der Waals surface area contributed by atoms with E-state index in [9.17, 15) is 5.11 Å². The molecule has 17 heavy (non-hydrogen) atoms. The van der Waals surface area contributed by atoms with Gasteiger partial charge in [-0.1, -0.05) is 6.07 Å². The molecule has 0 unspecified atom stereocenters. The smallest absolute Gasteiger partial charge is 0.150 e. The number of fused-ring (bicyclic) bond motifs is 1. The van der Waals surface area contributed by atoms with E-state index in [0.717, 1.165) is 30.0 Å². The first-order chi connectivity index (χ1) is 8.15. The summed E-state index contributed by atoms with van der Waals surface area (Å²) in [5, 5.41) is 13.8. The number of aromatic nitrogens is 2. The summed E-state index contributed by atoms with van der Waals surface area (Å²) in [6, 6.07) is 7.03. The molecule has 3 N–H and O–H groups in total. The Morgan fingerprint density at radius 2 is 2.18 bits per heavy atom. The second-order valence-electron chi connectivity index (χ2n) is 4.41. The second-order valence-corrected chi connectivity index (χ2v) is 4.41. The van der Waals surface area contributed by atoms with Gasteiger partial charge in [0.05, 0.1) is 11.4 Å². The van der Waals surface area contributed by atoms with Gasteiger partial charge in [0.15, 0.2) is 5.82 Å². The summed E-state index contributed by atoms with van der Waals surface area (Å²) in [5.74, 6) is 0.810. The van der Waals surface area contributed by atoms with Gasteiger partial charge < -0.3 is 10.8 Å². The maximum atomic E-state index is 9.50. The third-order valence-corrected chi connectivity index (χ3v) is 3.04. The van der Waals surface area contributed by atoms with Gasteiger partial charge in [-0.15, -0.1) is 0 Å². The Hall–Kier alpha value is -2.01. The van der Waals surface area contributed by atoms with Crippen LogP contribution in [0.4, 0.5) is 5.82 Å². The minimum atomic E-state index is 0.233. The molecule has 1 aliphatic rings. The zero-order valence-electron chi connectivity index (χ0n) is 9.59. The first-order valence-electron chi connectivity index (χ1n) is 5.49. The minimum Gasteiger partial charge on any atom is -0.508 e. The van der Waals surface area contributed by atoms with E-state index in [0.29, 0.717) is 5.82 Å². The van der Waals surface area contributed by atoms with E-state index < -0.39 is 0 Å². The highest BCUT2D eigenvalue weighted by Crippen LogP contribution is 2.29. The summed E-state index contributed by atoms with van der Waals surface area (Å²) in [4.78, 5) is 2.18. The molecule has 5 heteroatoms. The molecule has 0 aliphatic carbocycles. The average Bonchev–Trinajstić information content (AvgIpc) is 2.79. The molecule has 0 amide bonds. The lowest BCUT2D eigenvalue weighted by molar-refractivity contribution is 0.346. The van der Waals surface area contributed by atoms with Crippen molar-refractivity contribution in [1.82, 2.24) is 14.7 Å². The lowest BCUT2D eigenvalue weighted by Crippen LogP contribution is -2.12. The van der Waals surface area contributed by atoms with Crippen LogP contribution in [0.1, 0.15) is 11.3 Å². The van der Waals surface area contributed by atoms with Crippen molar-refractivity contribution in [3.8, 4) is 11.4 Å². The molecular formula is C12H14N4O. The Morgan fingerprint density at radius 1 is 1.35 bits per heavy atom. The molecule has 2 heterocycles. The number of phenols is 1. The summed E-state index contributed by atoms with van der Waals surface area (Å²) in [5.41, 5.74) is 8.95. The zero-order chi connectivity index (χ0) is 12.0. The minimum absolute atomic E-state index is 0.233. The van der Waals surface area contributed by atoms with Gasteiger partial charge in [-0.3, -0.25) is 4.90 Å². The molecule has 5 nitrogen and oxygen atoms in total. The molecule has 1 aromatic carbocycles. The number of nitrogen functional groups attached to an aromatic ring is 1. The fourth-order valence-electron chi connectivity index (χ4n) is 2.26. The molecule has 3 rings (SSSR count). The van der Waals surface area contributed by atoms with E-state index in [4.69, 9.17) is 5.73 Å². The maximum absolute atomic E-state index is 9.50. The lowest BCUT2D eigenvalue weighted by atomic mass is 10.2. The monoisotopic (exact) mass is 230 g/mol. The van der Waals surface area contributed by atoms with Gasteiger partial charge in [0, 0.05) is 24.7 Å². The predicted octanol–water partition coefficient (Wildman–Crippen LogP) is 1.11. The molecule has 0 saturated heterocycles. The van der Waals surface area contributed by atoms with Gasteiger partial charge in [0.1, 0.15) is 5.75 Å². The molecule has 88 valence electrons. The number of aromatic hydroxyl groups is 1. The summed E-state index contributed by atoms with van der Waals surface area (Å²) in [6.45, 7) is 1.66. The van der Waals surface area contributed by atoms with Crippen LogP contribution in [0.5, 0.6) is 5.75 Å². The number of hydrogen-bond donors (Lipinski definition) is 2. The van der Waals surface area contributed by atoms with E-state index in [1.807, 2.05) is 17.8 Å². The molecule has 2 aromatic rings. The van der Waals surface area contributed by atoms with Gasteiger partial charge in [0.2, 0.25) is 0 Å². The van der Waals surface area contributed by atoms with Crippen molar-refractivity contribution in [3.63, 3.8) is 0 Å². The largest absolute Gasteiger partial charge is 0.508 e. The third kappa shape index (κ3) is 1.55. The van der Waals surface area contributed by atoms with E-state index in [1.54, 1.807) is 18.2 Å². The third-order valence-electron chi connectivity index (χ3n) is 3.04. The molecular weight excluding hydrogens is 216 g/mol. The van der Waals surface area contributed by atoms with Crippen LogP contribution in [-0.4, -0.2) is 26.8 Å². The first-order valence-corrected chi connectivity index (χ1v) is 5.49. The van der Waals surface area contributed by atoms with Crippen LogP contribution in [0.25, 0.3) is 5.69 Å². The molecule has 1 aliphatic heterocycles. The fraction of sp³-hybridized carbons (Fsp3) is 0.250. The normalized spacial score (nSPS) is 15.1. The Bertz CT molecular complexity index is 576. The number of nitrogens with zero attached hydrogens (tertiary/aromatic N) is 3. The highest BCUT2D eigenvalue weighted by molar-refractivity contribution is 5.49. The summed E-state index contributed by atoms with van der Waals surface area (Å²) < 4.78 is 1.81. The number of anilines is 1. The van der Waals surface area contributed by atoms with Gasteiger partial charge in [-0.2, -0.15) is 5.10 Å². The molecule has 0 fully saturated rings. The van der Waals surface area contributed by atoms with Gasteiger partial charge in [-0.05, 0) is 19.2 Å².